The molecule has 7 nitrogen and oxygen atoms in total. The molecule has 0 atom stereocenters. The third kappa shape index (κ3) is 2.94. The van der Waals surface area contributed by atoms with Gasteiger partial charge in [0.25, 0.3) is 5.69 Å². The molecule has 1 N–H and O–H groups in total. The van der Waals surface area contributed by atoms with Gasteiger partial charge in [0.2, 0.25) is 0 Å². The molecule has 1 aromatic heterocycles. The van der Waals surface area contributed by atoms with E-state index in [9.17, 15) is 10.1 Å². The zero-order valence-corrected chi connectivity index (χ0v) is 11.2. The van der Waals surface area contributed by atoms with Gasteiger partial charge in [-0.1, -0.05) is 0 Å². The SMILES string of the molecule is CC(C)n1cc(Oc2ccc([N+](=O)[O-])c(CO)c2)cn1. The molecule has 1 heterocycles. The minimum Gasteiger partial charge on any atom is -0.454 e. The molecule has 1 aromatic carbocycles. The van der Waals surface area contributed by atoms with Gasteiger partial charge in [-0.25, -0.2) is 0 Å². The molecule has 106 valence electrons. The number of aliphatic hydroxyl groups is 1. The number of nitro benzene ring substituents is 1. The second kappa shape index (κ2) is 5.70. The van der Waals surface area contributed by atoms with Crippen molar-refractivity contribution in [1.29, 1.82) is 0 Å². The van der Waals surface area contributed by atoms with Crippen LogP contribution < -0.4 is 4.74 Å². The third-order valence-electron chi connectivity index (χ3n) is 2.76. The van der Waals surface area contributed by atoms with Crippen molar-refractivity contribution < 1.29 is 14.8 Å². The van der Waals surface area contributed by atoms with Gasteiger partial charge in [0.15, 0.2) is 5.75 Å². The molecule has 0 saturated carbocycles. The molecule has 0 radical (unpaired) electrons. The summed E-state index contributed by atoms with van der Waals surface area (Å²) in [7, 11) is 0. The standard InChI is InChI=1S/C13H15N3O4/c1-9(2)15-7-12(6-14-15)20-11-3-4-13(16(18)19)10(5-11)8-17/h3-7,9,17H,8H2,1-2H3. The van der Waals surface area contributed by atoms with Gasteiger partial charge in [0, 0.05) is 12.1 Å². The number of hydrogen-bond acceptors (Lipinski definition) is 5. The molecular formula is C13H15N3O4. The summed E-state index contributed by atoms with van der Waals surface area (Å²) in [6.07, 6.45) is 3.31. The predicted octanol–water partition coefficient (Wildman–Crippen LogP) is 2.66. The third-order valence-corrected chi connectivity index (χ3v) is 2.76. The second-order valence-electron chi connectivity index (χ2n) is 4.56. The van der Waals surface area contributed by atoms with Crippen LogP contribution in [0.5, 0.6) is 11.5 Å². The molecule has 0 bridgehead atoms. The molecular weight excluding hydrogens is 262 g/mol. The van der Waals surface area contributed by atoms with Crippen LogP contribution in [0.15, 0.2) is 30.6 Å². The van der Waals surface area contributed by atoms with E-state index in [2.05, 4.69) is 5.10 Å². The highest BCUT2D eigenvalue weighted by atomic mass is 16.6. The normalized spacial score (nSPS) is 10.8. The highest BCUT2D eigenvalue weighted by molar-refractivity contribution is 5.45. The van der Waals surface area contributed by atoms with Gasteiger partial charge in [0.05, 0.1) is 29.5 Å². The van der Waals surface area contributed by atoms with E-state index in [0.717, 1.165) is 0 Å². The predicted molar refractivity (Wildman–Crippen MR) is 71.7 cm³/mol. The Kier molecular flexibility index (Phi) is 3.99. The van der Waals surface area contributed by atoms with Crippen molar-refractivity contribution in [2.75, 3.05) is 0 Å². The van der Waals surface area contributed by atoms with E-state index in [-0.39, 0.29) is 17.3 Å². The lowest BCUT2D eigenvalue weighted by atomic mass is 10.2. The Hall–Kier alpha value is -2.41. The van der Waals surface area contributed by atoms with Crippen LogP contribution in [-0.4, -0.2) is 19.8 Å². The number of benzene rings is 1. The number of nitrogens with zero attached hydrogens (tertiary/aromatic N) is 3. The van der Waals surface area contributed by atoms with E-state index in [1.54, 1.807) is 17.1 Å². The summed E-state index contributed by atoms with van der Waals surface area (Å²) in [6, 6.07) is 4.47. The van der Waals surface area contributed by atoms with Crippen LogP contribution in [-0.2, 0) is 6.61 Å². The first kappa shape index (κ1) is 14.0. The fourth-order valence-electron chi connectivity index (χ4n) is 1.72. The number of nitro groups is 1. The summed E-state index contributed by atoms with van der Waals surface area (Å²) >= 11 is 0. The average Bonchev–Trinajstić information content (AvgIpc) is 2.87. The summed E-state index contributed by atoms with van der Waals surface area (Å²) in [4.78, 5) is 10.2. The smallest absolute Gasteiger partial charge is 0.275 e. The monoisotopic (exact) mass is 277 g/mol. The largest absolute Gasteiger partial charge is 0.454 e. The molecule has 20 heavy (non-hydrogen) atoms. The van der Waals surface area contributed by atoms with E-state index in [4.69, 9.17) is 9.84 Å². The summed E-state index contributed by atoms with van der Waals surface area (Å²) < 4.78 is 7.31. The van der Waals surface area contributed by atoms with Gasteiger partial charge in [0.1, 0.15) is 5.75 Å². The van der Waals surface area contributed by atoms with Crippen LogP contribution in [0.1, 0.15) is 25.5 Å². The number of aliphatic hydroxyl groups excluding tert-OH is 1. The molecule has 7 heteroatoms. The van der Waals surface area contributed by atoms with Gasteiger partial charge in [-0.3, -0.25) is 14.8 Å². The van der Waals surface area contributed by atoms with Crippen LogP contribution in [0.25, 0.3) is 0 Å². The fraction of sp³-hybridized carbons (Fsp3) is 0.308. The van der Waals surface area contributed by atoms with Crippen LogP contribution in [0, 0.1) is 10.1 Å². The van der Waals surface area contributed by atoms with Crippen molar-refractivity contribution in [2.45, 2.75) is 26.5 Å². The van der Waals surface area contributed by atoms with Gasteiger partial charge >= 0.3 is 0 Å². The van der Waals surface area contributed by atoms with Crippen molar-refractivity contribution in [3.63, 3.8) is 0 Å². The van der Waals surface area contributed by atoms with E-state index < -0.39 is 11.5 Å². The molecule has 0 fully saturated rings. The van der Waals surface area contributed by atoms with Crippen LogP contribution >= 0.6 is 0 Å². The quantitative estimate of drug-likeness (QED) is 0.670. The Morgan fingerprint density at radius 3 is 2.75 bits per heavy atom. The molecule has 0 aliphatic rings. The Labute approximate surface area is 115 Å². The van der Waals surface area contributed by atoms with E-state index in [1.165, 1.54) is 18.2 Å². The van der Waals surface area contributed by atoms with Gasteiger partial charge < -0.3 is 9.84 Å². The molecule has 2 aromatic rings. The molecule has 2 rings (SSSR count). The van der Waals surface area contributed by atoms with E-state index >= 15 is 0 Å². The highest BCUT2D eigenvalue weighted by Gasteiger charge is 2.14. The summed E-state index contributed by atoms with van der Waals surface area (Å²) in [6.45, 7) is 3.57. The Morgan fingerprint density at radius 2 is 2.20 bits per heavy atom. The van der Waals surface area contributed by atoms with Crippen LogP contribution in [0.4, 0.5) is 5.69 Å². The minimum absolute atomic E-state index is 0.127. The lowest BCUT2D eigenvalue weighted by Gasteiger charge is -2.06. The topological polar surface area (TPSA) is 90.4 Å². The van der Waals surface area contributed by atoms with Crippen molar-refractivity contribution in [2.24, 2.45) is 0 Å². The van der Waals surface area contributed by atoms with E-state index in [0.29, 0.717) is 11.5 Å². The fourth-order valence-corrected chi connectivity index (χ4v) is 1.72. The summed E-state index contributed by atoms with van der Waals surface area (Å²) in [5.41, 5.74) is 0.0847. The Morgan fingerprint density at radius 1 is 1.45 bits per heavy atom. The van der Waals surface area contributed by atoms with Crippen molar-refractivity contribution in [3.05, 3.63) is 46.3 Å². The van der Waals surface area contributed by atoms with E-state index in [1.807, 2.05) is 13.8 Å². The zero-order valence-electron chi connectivity index (χ0n) is 11.2. The number of aromatic nitrogens is 2. The average molecular weight is 277 g/mol. The van der Waals surface area contributed by atoms with Gasteiger partial charge in [-0.15, -0.1) is 0 Å². The zero-order chi connectivity index (χ0) is 14.7. The van der Waals surface area contributed by atoms with Gasteiger partial charge in [-0.05, 0) is 26.0 Å². The second-order valence-corrected chi connectivity index (χ2v) is 4.56. The number of ether oxygens (including phenoxy) is 1. The lowest BCUT2D eigenvalue weighted by molar-refractivity contribution is -0.385. The molecule has 0 aliphatic carbocycles. The molecule has 0 unspecified atom stereocenters. The first-order chi connectivity index (χ1) is 9.51. The maximum Gasteiger partial charge on any atom is 0.275 e. The summed E-state index contributed by atoms with van der Waals surface area (Å²) in [5, 5.41) is 24.1. The Bertz CT molecular complexity index is 622. The molecule has 0 spiro atoms. The maximum absolute atomic E-state index is 10.8. The lowest BCUT2D eigenvalue weighted by Crippen LogP contribution is -1.99. The van der Waals surface area contributed by atoms with Gasteiger partial charge in [-0.2, -0.15) is 5.10 Å². The van der Waals surface area contributed by atoms with Crippen molar-refractivity contribution in [3.8, 4) is 11.5 Å². The maximum atomic E-state index is 10.8. The van der Waals surface area contributed by atoms with Crippen molar-refractivity contribution >= 4 is 5.69 Å². The highest BCUT2D eigenvalue weighted by Crippen LogP contribution is 2.27. The first-order valence-corrected chi connectivity index (χ1v) is 6.11. The Balaban J connectivity index is 2.22. The van der Waals surface area contributed by atoms with Crippen LogP contribution in [0.3, 0.4) is 0 Å². The molecule has 0 aliphatic heterocycles. The summed E-state index contributed by atoms with van der Waals surface area (Å²) in [5.74, 6) is 0.958. The molecule has 0 saturated heterocycles. The minimum atomic E-state index is -0.536. The molecule has 0 amide bonds. The number of rotatable bonds is 5. The first-order valence-electron chi connectivity index (χ1n) is 6.11. The van der Waals surface area contributed by atoms with Crippen LogP contribution in [0.2, 0.25) is 0 Å². The number of hydrogen-bond donors (Lipinski definition) is 1. The van der Waals surface area contributed by atoms with Crippen molar-refractivity contribution in [1.82, 2.24) is 9.78 Å².